The van der Waals surface area contributed by atoms with Crippen LogP contribution in [0.5, 0.6) is 0 Å². The Morgan fingerprint density at radius 2 is 2.14 bits per heavy atom. The molecular weight excluding hydrogens is 286 g/mol. The first kappa shape index (κ1) is 14.9. The highest BCUT2D eigenvalue weighted by Gasteiger charge is 2.39. The highest BCUT2D eigenvalue weighted by Crippen LogP contribution is 2.44. The number of benzene rings is 1. The Hall–Kier alpha value is -1.06. The Kier molecular flexibility index (Phi) is 3.98. The van der Waals surface area contributed by atoms with Gasteiger partial charge in [-0.15, -0.1) is 11.6 Å². The summed E-state index contributed by atoms with van der Waals surface area (Å²) in [6.07, 6.45) is 5.70. The summed E-state index contributed by atoms with van der Waals surface area (Å²) in [6.45, 7) is 0. The normalized spacial score (nSPS) is 21.7. The van der Waals surface area contributed by atoms with E-state index in [1.54, 1.807) is 12.0 Å². The van der Waals surface area contributed by atoms with Crippen molar-refractivity contribution in [3.8, 4) is 0 Å². The lowest BCUT2D eigenvalue weighted by Crippen LogP contribution is -2.40. The van der Waals surface area contributed by atoms with Gasteiger partial charge in [0.05, 0.1) is 11.0 Å². The van der Waals surface area contributed by atoms with Crippen LogP contribution in [0.3, 0.4) is 0 Å². The minimum atomic E-state index is -0.0292. The van der Waals surface area contributed by atoms with Gasteiger partial charge < -0.3 is 9.64 Å². The van der Waals surface area contributed by atoms with Gasteiger partial charge in [0, 0.05) is 26.3 Å². The van der Waals surface area contributed by atoms with Crippen LogP contribution in [0.25, 0.3) is 0 Å². The summed E-state index contributed by atoms with van der Waals surface area (Å²) < 4.78 is 5.67. The lowest BCUT2D eigenvalue weighted by atomic mass is 9.76. The number of amides is 1. The number of carbonyl (C=O) groups is 1. The maximum absolute atomic E-state index is 11.7. The van der Waals surface area contributed by atoms with Gasteiger partial charge in [0.1, 0.15) is 0 Å². The van der Waals surface area contributed by atoms with Crippen LogP contribution >= 0.6 is 11.6 Å². The van der Waals surface area contributed by atoms with E-state index in [-0.39, 0.29) is 16.9 Å². The Bertz CT molecular complexity index is 548. The van der Waals surface area contributed by atoms with Gasteiger partial charge in [-0.2, -0.15) is 0 Å². The Morgan fingerprint density at radius 1 is 1.38 bits per heavy atom. The van der Waals surface area contributed by atoms with Crippen molar-refractivity contribution in [3.05, 3.63) is 29.3 Å². The number of halogens is 1. The molecule has 1 aromatic carbocycles. The predicted molar refractivity (Wildman–Crippen MR) is 85.0 cm³/mol. The molecule has 0 saturated heterocycles. The van der Waals surface area contributed by atoms with Crippen molar-refractivity contribution in [3.63, 3.8) is 0 Å². The smallest absolute Gasteiger partial charge is 0.227 e. The van der Waals surface area contributed by atoms with Gasteiger partial charge in [0.25, 0.3) is 0 Å². The van der Waals surface area contributed by atoms with Crippen LogP contribution in [0.2, 0.25) is 0 Å². The van der Waals surface area contributed by atoms with Crippen LogP contribution in [0, 0.1) is 0 Å². The summed E-state index contributed by atoms with van der Waals surface area (Å²) in [7, 11) is 3.63. The average molecular weight is 308 g/mol. The van der Waals surface area contributed by atoms with Gasteiger partial charge in [0.15, 0.2) is 0 Å². The molecule has 1 atom stereocenters. The molecule has 1 amide bonds. The average Bonchev–Trinajstić information content (AvgIpc) is 2.46. The molecule has 0 aromatic heterocycles. The standard InChI is InChI=1S/C17H22ClNO2/c1-19-15-6-4-12(10-13(15)5-7-16(19)20)14(18)11-17(21-2)8-3-9-17/h4,6,10,14H,3,5,7-9,11H2,1-2H3. The highest BCUT2D eigenvalue weighted by molar-refractivity contribution is 6.20. The summed E-state index contributed by atoms with van der Waals surface area (Å²) >= 11 is 6.63. The Labute approximate surface area is 131 Å². The monoisotopic (exact) mass is 307 g/mol. The molecule has 1 saturated carbocycles. The summed E-state index contributed by atoms with van der Waals surface area (Å²) in [4.78, 5) is 13.5. The number of carbonyl (C=O) groups excluding carboxylic acids is 1. The number of nitrogens with zero attached hydrogens (tertiary/aromatic N) is 1. The van der Waals surface area contributed by atoms with Crippen LogP contribution in [-0.4, -0.2) is 25.7 Å². The lowest BCUT2D eigenvalue weighted by Gasteiger charge is -2.42. The van der Waals surface area contributed by atoms with Crippen molar-refractivity contribution in [2.45, 2.75) is 49.5 Å². The van der Waals surface area contributed by atoms with E-state index in [1.165, 1.54) is 12.0 Å². The molecule has 0 N–H and O–H groups in total. The van der Waals surface area contributed by atoms with E-state index in [9.17, 15) is 4.79 Å². The van der Waals surface area contributed by atoms with Crippen LogP contribution < -0.4 is 4.90 Å². The van der Waals surface area contributed by atoms with Gasteiger partial charge in [0.2, 0.25) is 5.91 Å². The van der Waals surface area contributed by atoms with Crippen molar-refractivity contribution in [2.24, 2.45) is 0 Å². The van der Waals surface area contributed by atoms with Crippen LogP contribution in [-0.2, 0) is 16.0 Å². The van der Waals surface area contributed by atoms with Crippen molar-refractivity contribution in [2.75, 3.05) is 19.1 Å². The number of fused-ring (bicyclic) bond motifs is 1. The SMILES string of the molecule is COC1(CC(Cl)c2ccc3c(c2)CCC(=O)N3C)CCC1. The molecule has 1 aromatic rings. The summed E-state index contributed by atoms with van der Waals surface area (Å²) in [5.74, 6) is 0.186. The molecule has 3 nitrogen and oxygen atoms in total. The van der Waals surface area contributed by atoms with Crippen LogP contribution in [0.4, 0.5) is 5.69 Å². The van der Waals surface area contributed by atoms with Crippen molar-refractivity contribution >= 4 is 23.2 Å². The molecule has 3 rings (SSSR count). The second-order valence-electron chi connectivity index (χ2n) is 6.25. The molecule has 1 aliphatic heterocycles. The minimum Gasteiger partial charge on any atom is -0.378 e. The topological polar surface area (TPSA) is 29.5 Å². The molecule has 4 heteroatoms. The van der Waals surface area contributed by atoms with Gasteiger partial charge in [-0.05, 0) is 49.3 Å². The Morgan fingerprint density at radius 3 is 2.76 bits per heavy atom. The van der Waals surface area contributed by atoms with E-state index in [1.807, 2.05) is 19.2 Å². The van der Waals surface area contributed by atoms with Crippen LogP contribution in [0.1, 0.15) is 48.6 Å². The molecule has 114 valence electrons. The number of rotatable bonds is 4. The molecule has 0 radical (unpaired) electrons. The van der Waals surface area contributed by atoms with E-state index in [0.29, 0.717) is 6.42 Å². The Balaban J connectivity index is 1.79. The fourth-order valence-corrected chi connectivity index (χ4v) is 3.80. The quantitative estimate of drug-likeness (QED) is 0.791. The first-order valence-electron chi connectivity index (χ1n) is 7.63. The third kappa shape index (κ3) is 2.69. The molecule has 1 heterocycles. The fourth-order valence-electron chi connectivity index (χ4n) is 3.38. The number of ether oxygens (including phenoxy) is 1. The van der Waals surface area contributed by atoms with Crippen molar-refractivity contribution < 1.29 is 9.53 Å². The zero-order valence-electron chi connectivity index (χ0n) is 12.7. The largest absolute Gasteiger partial charge is 0.378 e. The second kappa shape index (κ2) is 5.62. The third-order valence-corrected chi connectivity index (χ3v) is 5.46. The number of methoxy groups -OCH3 is 1. The van der Waals surface area contributed by atoms with Crippen LogP contribution in [0.15, 0.2) is 18.2 Å². The lowest BCUT2D eigenvalue weighted by molar-refractivity contribution is -0.118. The molecule has 0 spiro atoms. The van der Waals surface area contributed by atoms with E-state index >= 15 is 0 Å². The molecule has 21 heavy (non-hydrogen) atoms. The number of alkyl halides is 1. The van der Waals surface area contributed by atoms with E-state index in [2.05, 4.69) is 6.07 Å². The fraction of sp³-hybridized carbons (Fsp3) is 0.588. The number of hydrogen-bond donors (Lipinski definition) is 0. The maximum atomic E-state index is 11.7. The molecule has 1 aliphatic carbocycles. The van der Waals surface area contributed by atoms with Crippen molar-refractivity contribution in [1.82, 2.24) is 0 Å². The zero-order valence-corrected chi connectivity index (χ0v) is 13.4. The highest BCUT2D eigenvalue weighted by atomic mass is 35.5. The van der Waals surface area contributed by atoms with Crippen molar-refractivity contribution in [1.29, 1.82) is 0 Å². The molecule has 2 aliphatic rings. The summed E-state index contributed by atoms with van der Waals surface area (Å²) in [5.41, 5.74) is 3.36. The molecular formula is C17H22ClNO2. The predicted octanol–water partition coefficient (Wildman–Crippen LogP) is 3.83. The maximum Gasteiger partial charge on any atom is 0.227 e. The molecule has 0 bridgehead atoms. The molecule has 1 fully saturated rings. The zero-order chi connectivity index (χ0) is 15.0. The van der Waals surface area contributed by atoms with E-state index in [0.717, 1.165) is 36.9 Å². The first-order chi connectivity index (χ1) is 10.0. The van der Waals surface area contributed by atoms with E-state index in [4.69, 9.17) is 16.3 Å². The minimum absolute atomic E-state index is 0.0188. The van der Waals surface area contributed by atoms with E-state index < -0.39 is 0 Å². The number of aryl methyl sites for hydroxylation is 1. The number of hydrogen-bond acceptors (Lipinski definition) is 2. The van der Waals surface area contributed by atoms with Gasteiger partial charge >= 0.3 is 0 Å². The van der Waals surface area contributed by atoms with Gasteiger partial charge in [-0.25, -0.2) is 0 Å². The van der Waals surface area contributed by atoms with Gasteiger partial charge in [-0.1, -0.05) is 12.1 Å². The van der Waals surface area contributed by atoms with Gasteiger partial charge in [-0.3, -0.25) is 4.79 Å². The third-order valence-electron chi connectivity index (χ3n) is 5.06. The second-order valence-corrected chi connectivity index (χ2v) is 6.78. The molecule has 1 unspecified atom stereocenters. The summed E-state index contributed by atoms with van der Waals surface area (Å²) in [6, 6.07) is 6.24. The first-order valence-corrected chi connectivity index (χ1v) is 8.07. The number of anilines is 1. The summed E-state index contributed by atoms with van der Waals surface area (Å²) in [5, 5.41) is -0.0292.